The molecule has 0 amide bonds. The number of nitrogens with zero attached hydrogens (tertiary/aromatic N) is 1. The third-order valence-electron chi connectivity index (χ3n) is 7.69. The summed E-state index contributed by atoms with van der Waals surface area (Å²) in [5.41, 5.74) is 0.445. The van der Waals surface area contributed by atoms with Crippen molar-refractivity contribution in [1.29, 1.82) is 5.26 Å². The first-order valence-corrected chi connectivity index (χ1v) is 11.5. The lowest BCUT2D eigenvalue weighted by molar-refractivity contribution is -0.342. The highest BCUT2D eigenvalue weighted by Gasteiger charge is 2.71. The molecule has 5 rings (SSSR count). The Morgan fingerprint density at radius 1 is 1.17 bits per heavy atom. The molecule has 4 fully saturated rings. The molecule has 0 radical (unpaired) electrons. The van der Waals surface area contributed by atoms with Crippen LogP contribution in [0.2, 0.25) is 0 Å². The minimum absolute atomic E-state index is 0.122. The van der Waals surface area contributed by atoms with Gasteiger partial charge in [-0.25, -0.2) is 0 Å². The number of fused-ring (bicyclic) bond motifs is 1. The van der Waals surface area contributed by atoms with Gasteiger partial charge >= 0.3 is 0 Å². The van der Waals surface area contributed by atoms with Crippen LogP contribution in [0, 0.1) is 35.0 Å². The molecule has 1 aromatic carbocycles. The maximum absolute atomic E-state index is 9.76. The molecule has 0 aromatic heterocycles. The predicted molar refractivity (Wildman–Crippen MR) is 109 cm³/mol. The van der Waals surface area contributed by atoms with Crippen molar-refractivity contribution >= 4 is 15.9 Å². The molecular formula is C23H28BrNO4. The maximum atomic E-state index is 9.76. The highest BCUT2D eigenvalue weighted by molar-refractivity contribution is 9.10. The van der Waals surface area contributed by atoms with Gasteiger partial charge in [0, 0.05) is 22.7 Å². The second-order valence-electron chi connectivity index (χ2n) is 9.41. The van der Waals surface area contributed by atoms with Crippen LogP contribution in [0.5, 0.6) is 0 Å². The molecule has 3 aliphatic heterocycles. The van der Waals surface area contributed by atoms with Crippen molar-refractivity contribution in [1.82, 2.24) is 0 Å². The summed E-state index contributed by atoms with van der Waals surface area (Å²) < 4.78 is 26.7. The van der Waals surface area contributed by atoms with Crippen molar-refractivity contribution in [3.05, 3.63) is 34.3 Å². The summed E-state index contributed by atoms with van der Waals surface area (Å²) >= 11 is 3.44. The van der Waals surface area contributed by atoms with Gasteiger partial charge in [-0.1, -0.05) is 41.9 Å². The lowest BCUT2D eigenvalue weighted by Gasteiger charge is -2.58. The Hall–Kier alpha value is -0.970. The van der Waals surface area contributed by atoms with Crippen molar-refractivity contribution < 1.29 is 18.9 Å². The number of hydrogen-bond acceptors (Lipinski definition) is 5. The number of halogens is 1. The Morgan fingerprint density at radius 2 is 1.93 bits per heavy atom. The molecule has 1 saturated carbocycles. The van der Waals surface area contributed by atoms with Gasteiger partial charge in [-0.3, -0.25) is 0 Å². The second kappa shape index (κ2) is 7.03. The van der Waals surface area contributed by atoms with Gasteiger partial charge in [0.15, 0.2) is 24.5 Å². The Labute approximate surface area is 180 Å². The van der Waals surface area contributed by atoms with Crippen molar-refractivity contribution in [2.45, 2.75) is 76.5 Å². The first kappa shape index (κ1) is 20.0. The van der Waals surface area contributed by atoms with Crippen LogP contribution in [0.1, 0.15) is 58.1 Å². The molecule has 1 aliphatic carbocycles. The van der Waals surface area contributed by atoms with Gasteiger partial charge in [0.05, 0.1) is 6.07 Å². The average Bonchev–Trinajstić information content (AvgIpc) is 2.92. The highest BCUT2D eigenvalue weighted by atomic mass is 79.9. The fraction of sp³-hybridized carbons (Fsp3) is 0.696. The zero-order chi connectivity index (χ0) is 20.4. The molecule has 29 heavy (non-hydrogen) atoms. The number of benzene rings is 1. The van der Waals surface area contributed by atoms with E-state index >= 15 is 0 Å². The standard InChI is InChI=1S/C23H28BrNO4/c1-13-4-9-18-14(2)20(26-19(12-25)15-5-7-16(24)8-6-15)27-21-23(18)17(13)10-11-22(3,28-21)29-23/h5-8,13-14,17-21H,4,9-11H2,1-3H3/t13-,14-,17+,18+,19-,20+,21-,22-,23-/m1/s1. The lowest BCUT2D eigenvalue weighted by atomic mass is 9.57. The van der Waals surface area contributed by atoms with E-state index in [1.54, 1.807) is 0 Å². The number of rotatable bonds is 3. The van der Waals surface area contributed by atoms with Crippen LogP contribution in [-0.4, -0.2) is 24.0 Å². The first-order chi connectivity index (χ1) is 13.9. The molecule has 0 unspecified atom stereocenters. The van der Waals surface area contributed by atoms with E-state index in [0.29, 0.717) is 17.8 Å². The van der Waals surface area contributed by atoms with E-state index in [4.69, 9.17) is 18.9 Å². The summed E-state index contributed by atoms with van der Waals surface area (Å²) in [6.07, 6.45) is 2.67. The van der Waals surface area contributed by atoms with Crippen LogP contribution < -0.4 is 0 Å². The summed E-state index contributed by atoms with van der Waals surface area (Å²) in [4.78, 5) is 0. The SMILES string of the molecule is C[C@H]1[C@@H](O[C@H](C#N)c2ccc(Br)cc2)O[C@@H]2O[C@@]3(C)CC[C@H]4[C@H](C)CC[C@@H]1[C@@]24O3. The number of nitriles is 1. The van der Waals surface area contributed by atoms with E-state index in [1.807, 2.05) is 31.2 Å². The van der Waals surface area contributed by atoms with Crippen molar-refractivity contribution in [3.63, 3.8) is 0 Å². The zero-order valence-electron chi connectivity index (χ0n) is 17.1. The summed E-state index contributed by atoms with van der Waals surface area (Å²) in [6.45, 7) is 6.55. The molecule has 6 heteroatoms. The number of ether oxygens (including phenoxy) is 4. The normalized spacial score (nSPS) is 46.6. The molecule has 3 saturated heterocycles. The minimum atomic E-state index is -0.680. The van der Waals surface area contributed by atoms with Gasteiger partial charge in [0.25, 0.3) is 0 Å². The van der Waals surface area contributed by atoms with Gasteiger partial charge in [-0.05, 0) is 55.7 Å². The average molecular weight is 462 g/mol. The van der Waals surface area contributed by atoms with E-state index in [1.165, 1.54) is 6.42 Å². The Kier molecular flexibility index (Phi) is 4.84. The topological polar surface area (TPSA) is 60.7 Å². The third-order valence-corrected chi connectivity index (χ3v) is 8.22. The third kappa shape index (κ3) is 3.01. The van der Waals surface area contributed by atoms with E-state index in [9.17, 15) is 5.26 Å². The zero-order valence-corrected chi connectivity index (χ0v) is 18.7. The molecule has 156 valence electrons. The molecule has 5 nitrogen and oxygen atoms in total. The molecule has 9 atom stereocenters. The van der Waals surface area contributed by atoms with Crippen molar-refractivity contribution in [3.8, 4) is 6.07 Å². The quantitative estimate of drug-likeness (QED) is 0.610. The van der Waals surface area contributed by atoms with Gasteiger partial charge < -0.3 is 18.9 Å². The van der Waals surface area contributed by atoms with Gasteiger partial charge in [-0.15, -0.1) is 0 Å². The Morgan fingerprint density at radius 3 is 2.66 bits per heavy atom. The first-order valence-electron chi connectivity index (χ1n) is 10.7. The number of hydrogen-bond donors (Lipinski definition) is 0. The molecule has 1 spiro atoms. The monoisotopic (exact) mass is 461 g/mol. The Balaban J connectivity index is 1.43. The molecule has 2 bridgehead atoms. The molecule has 4 aliphatic rings. The molecule has 3 heterocycles. The fourth-order valence-corrected chi connectivity index (χ4v) is 6.51. The summed E-state index contributed by atoms with van der Waals surface area (Å²) in [5, 5.41) is 9.76. The second-order valence-corrected chi connectivity index (χ2v) is 10.3. The van der Waals surface area contributed by atoms with Crippen LogP contribution >= 0.6 is 15.9 Å². The summed E-state index contributed by atoms with van der Waals surface area (Å²) in [6, 6.07) is 9.96. The van der Waals surface area contributed by atoms with E-state index in [2.05, 4.69) is 35.8 Å². The molecular weight excluding hydrogens is 434 g/mol. The van der Waals surface area contributed by atoms with Crippen molar-refractivity contribution in [2.24, 2.45) is 23.7 Å². The van der Waals surface area contributed by atoms with Gasteiger partial charge in [0.1, 0.15) is 5.60 Å². The summed E-state index contributed by atoms with van der Waals surface area (Å²) in [5.74, 6) is 0.896. The van der Waals surface area contributed by atoms with Crippen LogP contribution in [-0.2, 0) is 18.9 Å². The van der Waals surface area contributed by atoms with Crippen molar-refractivity contribution in [2.75, 3.05) is 0 Å². The maximum Gasteiger partial charge on any atom is 0.193 e. The van der Waals surface area contributed by atoms with E-state index in [-0.39, 0.29) is 11.5 Å². The lowest BCUT2D eigenvalue weighted by Crippen LogP contribution is -2.66. The molecule has 1 aromatic rings. The summed E-state index contributed by atoms with van der Waals surface area (Å²) in [7, 11) is 0. The minimum Gasteiger partial charge on any atom is -0.338 e. The van der Waals surface area contributed by atoms with E-state index < -0.39 is 24.5 Å². The smallest absolute Gasteiger partial charge is 0.193 e. The van der Waals surface area contributed by atoms with Crippen LogP contribution in [0.25, 0.3) is 0 Å². The molecule has 0 N–H and O–H groups in total. The fourth-order valence-electron chi connectivity index (χ4n) is 6.25. The van der Waals surface area contributed by atoms with Crippen LogP contribution in [0.15, 0.2) is 28.7 Å². The van der Waals surface area contributed by atoms with Gasteiger partial charge in [-0.2, -0.15) is 5.26 Å². The predicted octanol–water partition coefficient (Wildman–Crippen LogP) is 5.31. The highest BCUT2D eigenvalue weighted by Crippen LogP contribution is 2.63. The van der Waals surface area contributed by atoms with Crippen LogP contribution in [0.4, 0.5) is 0 Å². The van der Waals surface area contributed by atoms with Crippen LogP contribution in [0.3, 0.4) is 0 Å². The Bertz CT molecular complexity index is 825. The van der Waals surface area contributed by atoms with E-state index in [0.717, 1.165) is 29.3 Å². The largest absolute Gasteiger partial charge is 0.338 e. The van der Waals surface area contributed by atoms with Gasteiger partial charge in [0.2, 0.25) is 0 Å².